The minimum atomic E-state index is -0.203. The summed E-state index contributed by atoms with van der Waals surface area (Å²) in [5, 5.41) is 9.59. The smallest absolute Gasteiger partial charge is 0.290 e. The fourth-order valence-electron chi connectivity index (χ4n) is 1.90. The predicted molar refractivity (Wildman–Crippen MR) is 68.9 cm³/mol. The molecule has 2 saturated carbocycles. The molecular formula is C13H20N4O2. The molecule has 2 aliphatic rings. The van der Waals surface area contributed by atoms with Crippen molar-refractivity contribution in [1.82, 2.24) is 20.5 Å². The molecule has 1 amide bonds. The van der Waals surface area contributed by atoms with Gasteiger partial charge in [0.15, 0.2) is 0 Å². The Kier molecular flexibility index (Phi) is 3.77. The van der Waals surface area contributed by atoms with Crippen LogP contribution in [0, 0.1) is 5.92 Å². The second-order valence-electron chi connectivity index (χ2n) is 5.45. The highest BCUT2D eigenvalue weighted by Crippen LogP contribution is 2.37. The van der Waals surface area contributed by atoms with E-state index >= 15 is 0 Å². The Morgan fingerprint density at radius 1 is 1.37 bits per heavy atom. The Morgan fingerprint density at radius 2 is 2.21 bits per heavy atom. The Bertz CT molecular complexity index is 438. The fourth-order valence-corrected chi connectivity index (χ4v) is 1.90. The van der Waals surface area contributed by atoms with Crippen LogP contribution in [0.5, 0.6) is 0 Å². The molecule has 0 bridgehead atoms. The molecule has 3 rings (SSSR count). The van der Waals surface area contributed by atoms with E-state index in [0.29, 0.717) is 19.1 Å². The van der Waals surface area contributed by atoms with Crippen LogP contribution in [-0.4, -0.2) is 40.8 Å². The topological polar surface area (TPSA) is 79.9 Å². The van der Waals surface area contributed by atoms with Gasteiger partial charge in [0.05, 0.1) is 0 Å². The average molecular weight is 264 g/mol. The van der Waals surface area contributed by atoms with E-state index in [1.54, 1.807) is 0 Å². The molecule has 2 fully saturated rings. The first-order valence-corrected chi connectivity index (χ1v) is 7.11. The number of carbonyl (C=O) groups excluding carboxylic acids is 1. The average Bonchev–Trinajstić information content (AvgIpc) is 3.34. The van der Waals surface area contributed by atoms with Crippen molar-refractivity contribution < 1.29 is 9.53 Å². The van der Waals surface area contributed by atoms with Crippen molar-refractivity contribution in [1.29, 1.82) is 0 Å². The number of nitrogens with one attached hydrogen (secondary N) is 2. The number of aromatic amines is 1. The minimum absolute atomic E-state index is 0.203. The van der Waals surface area contributed by atoms with Crippen molar-refractivity contribution in [3.63, 3.8) is 0 Å². The van der Waals surface area contributed by atoms with Crippen LogP contribution >= 0.6 is 0 Å². The van der Waals surface area contributed by atoms with Gasteiger partial charge in [0.2, 0.25) is 5.82 Å². The lowest BCUT2D eigenvalue weighted by molar-refractivity contribution is 0.0927. The van der Waals surface area contributed by atoms with Crippen LogP contribution in [0.15, 0.2) is 0 Å². The molecule has 0 radical (unpaired) electrons. The normalized spacial score (nSPS) is 18.5. The molecule has 0 saturated heterocycles. The van der Waals surface area contributed by atoms with Gasteiger partial charge in [-0.1, -0.05) is 0 Å². The third-order valence-electron chi connectivity index (χ3n) is 3.47. The molecule has 0 unspecified atom stereocenters. The Hall–Kier alpha value is -1.43. The number of H-pyrrole nitrogens is 1. The molecule has 0 aliphatic heterocycles. The van der Waals surface area contributed by atoms with Gasteiger partial charge in [0.1, 0.15) is 5.82 Å². The van der Waals surface area contributed by atoms with Crippen molar-refractivity contribution >= 4 is 5.91 Å². The molecule has 2 aliphatic carbocycles. The predicted octanol–water partition coefficient (Wildman–Crippen LogP) is 1.23. The molecule has 19 heavy (non-hydrogen) atoms. The van der Waals surface area contributed by atoms with Crippen molar-refractivity contribution in [3.8, 4) is 0 Å². The maximum Gasteiger partial charge on any atom is 0.290 e. The maximum absolute atomic E-state index is 11.8. The molecule has 6 heteroatoms. The minimum Gasteiger partial charge on any atom is -0.381 e. The van der Waals surface area contributed by atoms with E-state index in [1.807, 2.05) is 0 Å². The lowest BCUT2D eigenvalue weighted by atomic mass is 10.4. The monoisotopic (exact) mass is 264 g/mol. The van der Waals surface area contributed by atoms with Gasteiger partial charge in [-0.15, -0.1) is 5.10 Å². The standard InChI is InChI=1S/C13H20N4O2/c18-13(12-15-11(16-17-12)10-4-5-10)14-6-1-7-19-8-9-2-3-9/h9-10H,1-8H2,(H,14,18)(H,15,16,17). The maximum atomic E-state index is 11.8. The largest absolute Gasteiger partial charge is 0.381 e. The Morgan fingerprint density at radius 3 is 2.95 bits per heavy atom. The van der Waals surface area contributed by atoms with Crippen LogP contribution < -0.4 is 5.32 Å². The van der Waals surface area contributed by atoms with E-state index in [-0.39, 0.29) is 11.7 Å². The SMILES string of the molecule is O=C(NCCCOCC1CC1)c1n[nH]c(C2CC2)n1. The third-order valence-corrected chi connectivity index (χ3v) is 3.47. The van der Waals surface area contributed by atoms with Crippen LogP contribution in [0.4, 0.5) is 0 Å². The van der Waals surface area contributed by atoms with E-state index in [0.717, 1.165) is 37.6 Å². The lowest BCUT2D eigenvalue weighted by Gasteiger charge is -2.03. The highest BCUT2D eigenvalue weighted by Gasteiger charge is 2.28. The number of rotatable bonds is 8. The van der Waals surface area contributed by atoms with E-state index in [9.17, 15) is 4.79 Å². The highest BCUT2D eigenvalue weighted by atomic mass is 16.5. The number of ether oxygens (including phenoxy) is 1. The summed E-state index contributed by atoms with van der Waals surface area (Å²) in [4.78, 5) is 16.0. The summed E-state index contributed by atoms with van der Waals surface area (Å²) in [6.07, 6.45) is 5.75. The fraction of sp³-hybridized carbons (Fsp3) is 0.769. The third kappa shape index (κ3) is 3.76. The van der Waals surface area contributed by atoms with Crippen molar-refractivity contribution in [2.45, 2.75) is 38.0 Å². The lowest BCUT2D eigenvalue weighted by Crippen LogP contribution is -2.26. The summed E-state index contributed by atoms with van der Waals surface area (Å²) in [7, 11) is 0. The number of carbonyl (C=O) groups is 1. The second kappa shape index (κ2) is 5.69. The van der Waals surface area contributed by atoms with Gasteiger partial charge < -0.3 is 10.1 Å². The van der Waals surface area contributed by atoms with Crippen LogP contribution in [-0.2, 0) is 4.74 Å². The van der Waals surface area contributed by atoms with Crippen LogP contribution in [0.2, 0.25) is 0 Å². The summed E-state index contributed by atoms with van der Waals surface area (Å²) in [5.74, 6) is 2.18. The van der Waals surface area contributed by atoms with Crippen molar-refractivity contribution in [2.24, 2.45) is 5.92 Å². The molecule has 1 aromatic heterocycles. The van der Waals surface area contributed by atoms with Gasteiger partial charge in [-0.3, -0.25) is 9.89 Å². The van der Waals surface area contributed by atoms with Gasteiger partial charge in [-0.2, -0.15) is 0 Å². The van der Waals surface area contributed by atoms with Crippen LogP contribution in [0.25, 0.3) is 0 Å². The molecular weight excluding hydrogens is 244 g/mol. The van der Waals surface area contributed by atoms with E-state index in [2.05, 4.69) is 20.5 Å². The number of aromatic nitrogens is 3. The van der Waals surface area contributed by atoms with Gasteiger partial charge in [0, 0.05) is 25.7 Å². The summed E-state index contributed by atoms with van der Waals surface area (Å²) >= 11 is 0. The van der Waals surface area contributed by atoms with E-state index in [4.69, 9.17) is 4.74 Å². The summed E-state index contributed by atoms with van der Waals surface area (Å²) < 4.78 is 5.50. The molecule has 0 aromatic carbocycles. The Balaban J connectivity index is 1.30. The number of amides is 1. The van der Waals surface area contributed by atoms with Crippen molar-refractivity contribution in [2.75, 3.05) is 19.8 Å². The van der Waals surface area contributed by atoms with Gasteiger partial charge in [-0.05, 0) is 38.0 Å². The summed E-state index contributed by atoms with van der Waals surface area (Å²) in [6.45, 7) is 2.19. The first-order valence-electron chi connectivity index (χ1n) is 7.11. The van der Waals surface area contributed by atoms with Gasteiger partial charge >= 0.3 is 0 Å². The van der Waals surface area contributed by atoms with E-state index in [1.165, 1.54) is 12.8 Å². The van der Waals surface area contributed by atoms with Gasteiger partial charge in [-0.25, -0.2) is 4.98 Å². The number of hydrogen-bond donors (Lipinski definition) is 2. The first-order chi connectivity index (χ1) is 9.33. The molecule has 0 spiro atoms. The number of hydrogen-bond acceptors (Lipinski definition) is 4. The van der Waals surface area contributed by atoms with Crippen LogP contribution in [0.1, 0.15) is 54.5 Å². The Labute approximate surface area is 112 Å². The number of nitrogens with zero attached hydrogens (tertiary/aromatic N) is 2. The summed E-state index contributed by atoms with van der Waals surface area (Å²) in [6, 6.07) is 0. The molecule has 6 nitrogen and oxygen atoms in total. The molecule has 0 atom stereocenters. The zero-order valence-corrected chi connectivity index (χ0v) is 11.0. The molecule has 104 valence electrons. The van der Waals surface area contributed by atoms with Crippen molar-refractivity contribution in [3.05, 3.63) is 11.6 Å². The van der Waals surface area contributed by atoms with Crippen LogP contribution in [0.3, 0.4) is 0 Å². The summed E-state index contributed by atoms with van der Waals surface area (Å²) in [5.41, 5.74) is 0. The molecule has 2 N–H and O–H groups in total. The molecule has 1 aromatic rings. The first kappa shape index (κ1) is 12.6. The quantitative estimate of drug-likeness (QED) is 0.692. The molecule has 1 heterocycles. The zero-order valence-electron chi connectivity index (χ0n) is 11.0. The van der Waals surface area contributed by atoms with E-state index < -0.39 is 0 Å². The van der Waals surface area contributed by atoms with Gasteiger partial charge in [0.25, 0.3) is 5.91 Å². The second-order valence-corrected chi connectivity index (χ2v) is 5.45. The highest BCUT2D eigenvalue weighted by molar-refractivity contribution is 5.90. The zero-order chi connectivity index (χ0) is 13.1.